The fourth-order valence-electron chi connectivity index (χ4n) is 2.00. The number of hydrogen-bond donors (Lipinski definition) is 1. The number of rotatable bonds is 6. The normalized spacial score (nSPS) is 10.8. The maximum atomic E-state index is 5.54. The summed E-state index contributed by atoms with van der Waals surface area (Å²) >= 11 is 0. The van der Waals surface area contributed by atoms with Gasteiger partial charge in [-0.2, -0.15) is 0 Å². The Morgan fingerprint density at radius 1 is 1.15 bits per heavy atom. The van der Waals surface area contributed by atoms with E-state index in [2.05, 4.69) is 42.3 Å². The predicted molar refractivity (Wildman–Crippen MR) is 82.8 cm³/mol. The van der Waals surface area contributed by atoms with Gasteiger partial charge in [-0.05, 0) is 36.2 Å². The zero-order valence-corrected chi connectivity index (χ0v) is 12.4. The molecule has 0 aliphatic rings. The standard InChI is InChI=1S/C17H22N2O/c1-4-20-17-7-5-6-15(9-17)16-8-14(10-18-12-16)11-19-13(2)3/h5-10,12-13,19H,4,11H2,1-3H3. The number of nitrogens with zero attached hydrogens (tertiary/aromatic N) is 1. The molecule has 1 aromatic heterocycles. The topological polar surface area (TPSA) is 34.1 Å². The van der Waals surface area contributed by atoms with Crippen molar-refractivity contribution in [3.8, 4) is 16.9 Å². The first-order valence-electron chi connectivity index (χ1n) is 7.09. The summed E-state index contributed by atoms with van der Waals surface area (Å²) in [5.41, 5.74) is 3.45. The molecule has 0 atom stereocenters. The first-order valence-corrected chi connectivity index (χ1v) is 7.09. The van der Waals surface area contributed by atoms with Gasteiger partial charge in [0.15, 0.2) is 0 Å². The summed E-state index contributed by atoms with van der Waals surface area (Å²) in [6, 6.07) is 10.8. The number of aromatic nitrogens is 1. The Balaban J connectivity index is 2.19. The summed E-state index contributed by atoms with van der Waals surface area (Å²) < 4.78 is 5.54. The molecule has 1 heterocycles. The SMILES string of the molecule is CCOc1cccc(-c2cncc(CNC(C)C)c2)c1. The van der Waals surface area contributed by atoms with E-state index in [0.717, 1.165) is 23.4 Å². The van der Waals surface area contributed by atoms with Crippen LogP contribution in [0.25, 0.3) is 11.1 Å². The van der Waals surface area contributed by atoms with Crippen molar-refractivity contribution in [2.45, 2.75) is 33.4 Å². The molecule has 0 saturated carbocycles. The fourth-order valence-corrected chi connectivity index (χ4v) is 2.00. The molecular weight excluding hydrogens is 248 g/mol. The summed E-state index contributed by atoms with van der Waals surface area (Å²) in [6.07, 6.45) is 3.80. The molecule has 2 rings (SSSR count). The van der Waals surface area contributed by atoms with Gasteiger partial charge in [-0.3, -0.25) is 4.98 Å². The van der Waals surface area contributed by atoms with Gasteiger partial charge in [-0.15, -0.1) is 0 Å². The van der Waals surface area contributed by atoms with Crippen molar-refractivity contribution in [1.29, 1.82) is 0 Å². The summed E-state index contributed by atoms with van der Waals surface area (Å²) in [6.45, 7) is 7.79. The Bertz CT molecular complexity index is 552. The molecule has 0 aliphatic carbocycles. The van der Waals surface area contributed by atoms with Crippen molar-refractivity contribution in [2.75, 3.05) is 6.61 Å². The van der Waals surface area contributed by atoms with Gasteiger partial charge in [0.25, 0.3) is 0 Å². The van der Waals surface area contributed by atoms with Gasteiger partial charge in [0.2, 0.25) is 0 Å². The van der Waals surface area contributed by atoms with E-state index in [1.165, 1.54) is 5.56 Å². The summed E-state index contributed by atoms with van der Waals surface area (Å²) in [5.74, 6) is 0.899. The van der Waals surface area contributed by atoms with E-state index in [1.54, 1.807) is 0 Å². The van der Waals surface area contributed by atoms with Crippen LogP contribution in [-0.4, -0.2) is 17.6 Å². The van der Waals surface area contributed by atoms with Crippen molar-refractivity contribution < 1.29 is 4.74 Å². The first-order chi connectivity index (χ1) is 9.69. The second kappa shape index (κ2) is 7.06. The molecular formula is C17H22N2O. The van der Waals surface area contributed by atoms with Crippen LogP contribution in [0, 0.1) is 0 Å². The Morgan fingerprint density at radius 2 is 2.00 bits per heavy atom. The highest BCUT2D eigenvalue weighted by Crippen LogP contribution is 2.24. The highest BCUT2D eigenvalue weighted by Gasteiger charge is 2.03. The van der Waals surface area contributed by atoms with Crippen molar-refractivity contribution in [2.24, 2.45) is 0 Å². The van der Waals surface area contributed by atoms with Crippen molar-refractivity contribution in [3.05, 3.63) is 48.3 Å². The molecule has 20 heavy (non-hydrogen) atoms. The Labute approximate surface area is 121 Å². The summed E-state index contributed by atoms with van der Waals surface area (Å²) in [4.78, 5) is 4.33. The third-order valence-corrected chi connectivity index (χ3v) is 2.99. The molecule has 1 aromatic carbocycles. The lowest BCUT2D eigenvalue weighted by Gasteiger charge is -2.10. The Morgan fingerprint density at radius 3 is 2.75 bits per heavy atom. The van der Waals surface area contributed by atoms with Crippen LogP contribution < -0.4 is 10.1 Å². The van der Waals surface area contributed by atoms with Crippen molar-refractivity contribution in [3.63, 3.8) is 0 Å². The highest BCUT2D eigenvalue weighted by atomic mass is 16.5. The molecule has 0 unspecified atom stereocenters. The lowest BCUT2D eigenvalue weighted by molar-refractivity contribution is 0.340. The number of ether oxygens (including phenoxy) is 1. The van der Waals surface area contributed by atoms with E-state index in [-0.39, 0.29) is 0 Å². The first kappa shape index (κ1) is 14.5. The predicted octanol–water partition coefficient (Wildman–Crippen LogP) is 3.65. The lowest BCUT2D eigenvalue weighted by Crippen LogP contribution is -2.21. The maximum Gasteiger partial charge on any atom is 0.119 e. The van der Waals surface area contributed by atoms with Gasteiger partial charge in [0, 0.05) is 30.5 Å². The zero-order chi connectivity index (χ0) is 14.4. The van der Waals surface area contributed by atoms with Gasteiger partial charge in [0.1, 0.15) is 5.75 Å². The largest absolute Gasteiger partial charge is 0.494 e. The van der Waals surface area contributed by atoms with Gasteiger partial charge in [-0.25, -0.2) is 0 Å². The van der Waals surface area contributed by atoms with Gasteiger partial charge in [-0.1, -0.05) is 26.0 Å². The van der Waals surface area contributed by atoms with Gasteiger partial charge < -0.3 is 10.1 Å². The molecule has 1 N–H and O–H groups in total. The molecule has 0 saturated heterocycles. The van der Waals surface area contributed by atoms with E-state index >= 15 is 0 Å². The smallest absolute Gasteiger partial charge is 0.119 e. The lowest BCUT2D eigenvalue weighted by atomic mass is 10.1. The van der Waals surface area contributed by atoms with E-state index in [0.29, 0.717) is 12.6 Å². The van der Waals surface area contributed by atoms with Crippen molar-refractivity contribution in [1.82, 2.24) is 10.3 Å². The Hall–Kier alpha value is -1.87. The molecule has 2 aromatic rings. The van der Waals surface area contributed by atoms with Crippen LogP contribution in [0.4, 0.5) is 0 Å². The third kappa shape index (κ3) is 4.07. The summed E-state index contributed by atoms with van der Waals surface area (Å²) in [5, 5.41) is 3.41. The monoisotopic (exact) mass is 270 g/mol. The Kier molecular flexibility index (Phi) is 5.13. The molecule has 0 amide bonds. The minimum atomic E-state index is 0.472. The average molecular weight is 270 g/mol. The highest BCUT2D eigenvalue weighted by molar-refractivity contribution is 5.64. The van der Waals surface area contributed by atoms with Crippen LogP contribution in [0.5, 0.6) is 5.75 Å². The average Bonchev–Trinajstić information content (AvgIpc) is 2.46. The minimum Gasteiger partial charge on any atom is -0.494 e. The number of nitrogens with one attached hydrogen (secondary N) is 1. The quantitative estimate of drug-likeness (QED) is 0.870. The van der Waals surface area contributed by atoms with E-state index < -0.39 is 0 Å². The van der Waals surface area contributed by atoms with E-state index in [1.807, 2.05) is 31.5 Å². The number of benzene rings is 1. The van der Waals surface area contributed by atoms with Crippen LogP contribution >= 0.6 is 0 Å². The third-order valence-electron chi connectivity index (χ3n) is 2.99. The van der Waals surface area contributed by atoms with Crippen molar-refractivity contribution >= 4 is 0 Å². The minimum absolute atomic E-state index is 0.472. The van der Waals surface area contributed by atoms with Crippen LogP contribution in [0.2, 0.25) is 0 Å². The molecule has 3 nitrogen and oxygen atoms in total. The molecule has 0 aliphatic heterocycles. The van der Waals surface area contributed by atoms with E-state index in [9.17, 15) is 0 Å². The maximum absolute atomic E-state index is 5.54. The molecule has 0 radical (unpaired) electrons. The molecule has 0 bridgehead atoms. The molecule has 106 valence electrons. The van der Waals surface area contributed by atoms with Gasteiger partial charge >= 0.3 is 0 Å². The molecule has 3 heteroatoms. The fraction of sp³-hybridized carbons (Fsp3) is 0.353. The van der Waals surface area contributed by atoms with Crippen LogP contribution in [0.15, 0.2) is 42.7 Å². The van der Waals surface area contributed by atoms with Gasteiger partial charge in [0.05, 0.1) is 6.61 Å². The number of hydrogen-bond acceptors (Lipinski definition) is 3. The van der Waals surface area contributed by atoms with Crippen LogP contribution in [0.1, 0.15) is 26.3 Å². The summed E-state index contributed by atoms with van der Waals surface area (Å²) in [7, 11) is 0. The second-order valence-corrected chi connectivity index (χ2v) is 5.08. The second-order valence-electron chi connectivity index (χ2n) is 5.08. The molecule has 0 fully saturated rings. The number of pyridine rings is 1. The zero-order valence-electron chi connectivity index (χ0n) is 12.4. The van der Waals surface area contributed by atoms with Crippen LogP contribution in [-0.2, 0) is 6.54 Å². The van der Waals surface area contributed by atoms with Crippen LogP contribution in [0.3, 0.4) is 0 Å². The van der Waals surface area contributed by atoms with E-state index in [4.69, 9.17) is 4.74 Å². The molecule has 0 spiro atoms.